The van der Waals surface area contributed by atoms with Crippen LogP contribution >= 0.6 is 0 Å². The van der Waals surface area contributed by atoms with Crippen LogP contribution in [0.2, 0.25) is 0 Å². The first-order chi connectivity index (χ1) is 8.66. The van der Waals surface area contributed by atoms with E-state index in [-0.39, 0.29) is 5.91 Å². The molecule has 2 saturated carbocycles. The quantitative estimate of drug-likeness (QED) is 0.816. The van der Waals surface area contributed by atoms with Crippen LogP contribution in [0.4, 0.5) is 0 Å². The second-order valence-electron chi connectivity index (χ2n) is 6.20. The van der Waals surface area contributed by atoms with Gasteiger partial charge in [-0.25, -0.2) is 0 Å². The monoisotopic (exact) mass is 248 g/mol. The van der Waals surface area contributed by atoms with Gasteiger partial charge in [0, 0.05) is 6.04 Å². The number of hydrogen-bond acceptors (Lipinski definition) is 2. The third-order valence-electron chi connectivity index (χ3n) is 4.63. The molecule has 2 aliphatic rings. The Kier molecular flexibility index (Phi) is 4.27. The van der Waals surface area contributed by atoms with E-state index in [0.29, 0.717) is 12.0 Å². The van der Waals surface area contributed by atoms with E-state index in [9.17, 15) is 10.1 Å². The maximum atomic E-state index is 12.4. The van der Waals surface area contributed by atoms with Gasteiger partial charge in [-0.2, -0.15) is 5.26 Å². The van der Waals surface area contributed by atoms with Crippen molar-refractivity contribution in [1.82, 2.24) is 5.32 Å². The summed E-state index contributed by atoms with van der Waals surface area (Å²) in [6.45, 7) is 2.25. The topological polar surface area (TPSA) is 52.9 Å². The molecule has 0 spiro atoms. The van der Waals surface area contributed by atoms with E-state index in [1.165, 1.54) is 12.8 Å². The van der Waals surface area contributed by atoms with Crippen molar-refractivity contribution in [3.63, 3.8) is 0 Å². The molecule has 2 fully saturated rings. The molecule has 0 bridgehead atoms. The van der Waals surface area contributed by atoms with Gasteiger partial charge in [-0.3, -0.25) is 4.79 Å². The molecule has 2 rings (SSSR count). The van der Waals surface area contributed by atoms with Crippen LogP contribution in [-0.2, 0) is 4.79 Å². The lowest BCUT2D eigenvalue weighted by Gasteiger charge is -2.33. The van der Waals surface area contributed by atoms with Gasteiger partial charge in [-0.1, -0.05) is 39.0 Å². The van der Waals surface area contributed by atoms with Gasteiger partial charge in [0.05, 0.1) is 6.07 Å². The summed E-state index contributed by atoms with van der Waals surface area (Å²) >= 11 is 0. The molecule has 0 heterocycles. The molecule has 0 aromatic rings. The number of nitrogens with zero attached hydrogens (tertiary/aromatic N) is 1. The highest BCUT2D eigenvalue weighted by Gasteiger charge is 2.40. The molecule has 3 nitrogen and oxygen atoms in total. The Balaban J connectivity index is 1.95. The second-order valence-corrected chi connectivity index (χ2v) is 6.20. The maximum Gasteiger partial charge on any atom is 0.240 e. The van der Waals surface area contributed by atoms with Crippen LogP contribution in [-0.4, -0.2) is 11.9 Å². The van der Waals surface area contributed by atoms with E-state index < -0.39 is 5.41 Å². The Morgan fingerprint density at radius 2 is 1.94 bits per heavy atom. The number of nitrogens with one attached hydrogen (secondary N) is 1. The van der Waals surface area contributed by atoms with Gasteiger partial charge in [-0.15, -0.1) is 0 Å². The first kappa shape index (κ1) is 13.4. The molecule has 18 heavy (non-hydrogen) atoms. The number of carbonyl (C=O) groups is 1. The highest BCUT2D eigenvalue weighted by Crippen LogP contribution is 2.36. The molecular weight excluding hydrogens is 224 g/mol. The lowest BCUT2D eigenvalue weighted by atomic mass is 9.74. The Morgan fingerprint density at radius 3 is 2.56 bits per heavy atom. The van der Waals surface area contributed by atoms with Crippen LogP contribution in [0.5, 0.6) is 0 Å². The Labute approximate surface area is 110 Å². The fraction of sp³-hybridized carbons (Fsp3) is 0.867. The number of carbonyl (C=O) groups excluding carboxylic acids is 1. The molecule has 0 aliphatic heterocycles. The van der Waals surface area contributed by atoms with E-state index in [4.69, 9.17) is 0 Å². The van der Waals surface area contributed by atoms with Crippen LogP contribution in [0.3, 0.4) is 0 Å². The van der Waals surface area contributed by atoms with E-state index in [1.54, 1.807) is 0 Å². The summed E-state index contributed by atoms with van der Waals surface area (Å²) in [6.07, 6.45) is 9.32. The average molecular weight is 248 g/mol. The molecule has 0 radical (unpaired) electrons. The second kappa shape index (κ2) is 5.73. The van der Waals surface area contributed by atoms with Crippen molar-refractivity contribution < 1.29 is 4.79 Å². The highest BCUT2D eigenvalue weighted by atomic mass is 16.2. The normalized spacial score (nSPS) is 31.3. The average Bonchev–Trinajstić information content (AvgIpc) is 2.39. The summed E-state index contributed by atoms with van der Waals surface area (Å²) in [6, 6.07) is 2.61. The van der Waals surface area contributed by atoms with Crippen molar-refractivity contribution >= 4 is 5.91 Å². The van der Waals surface area contributed by atoms with Crippen molar-refractivity contribution in [1.29, 1.82) is 5.26 Å². The fourth-order valence-electron chi connectivity index (χ4n) is 3.43. The van der Waals surface area contributed by atoms with Gasteiger partial charge in [-0.05, 0) is 31.6 Å². The molecule has 3 heteroatoms. The predicted molar refractivity (Wildman–Crippen MR) is 70.7 cm³/mol. The summed E-state index contributed by atoms with van der Waals surface area (Å²) in [5, 5.41) is 12.5. The summed E-state index contributed by atoms with van der Waals surface area (Å²) in [5.74, 6) is 0.706. The number of nitriles is 1. The minimum atomic E-state index is -0.723. The molecule has 0 saturated heterocycles. The van der Waals surface area contributed by atoms with Crippen molar-refractivity contribution in [3.8, 4) is 6.07 Å². The Hall–Kier alpha value is -1.04. The van der Waals surface area contributed by atoms with Gasteiger partial charge in [0.25, 0.3) is 0 Å². The van der Waals surface area contributed by atoms with Gasteiger partial charge in [0.2, 0.25) is 5.91 Å². The lowest BCUT2D eigenvalue weighted by molar-refractivity contribution is -0.130. The van der Waals surface area contributed by atoms with Gasteiger partial charge in [0.1, 0.15) is 5.41 Å². The van der Waals surface area contributed by atoms with Crippen molar-refractivity contribution in [2.24, 2.45) is 11.3 Å². The molecule has 0 aromatic heterocycles. The zero-order valence-corrected chi connectivity index (χ0v) is 11.4. The Bertz CT molecular complexity index is 339. The molecular formula is C15H24N2O. The van der Waals surface area contributed by atoms with Gasteiger partial charge < -0.3 is 5.32 Å². The third kappa shape index (κ3) is 2.85. The van der Waals surface area contributed by atoms with Crippen LogP contribution in [0.1, 0.15) is 64.7 Å². The van der Waals surface area contributed by atoms with Crippen molar-refractivity contribution in [3.05, 3.63) is 0 Å². The summed E-state index contributed by atoms with van der Waals surface area (Å²) in [7, 11) is 0. The summed E-state index contributed by atoms with van der Waals surface area (Å²) < 4.78 is 0. The standard InChI is InChI=1S/C15H24N2O/c1-12-6-5-7-13(10-12)17-14(18)15(11-16)8-3-2-4-9-15/h12-13H,2-10H2,1H3,(H,17,18). The molecule has 1 amide bonds. The smallest absolute Gasteiger partial charge is 0.240 e. The van der Waals surface area contributed by atoms with Gasteiger partial charge >= 0.3 is 0 Å². The van der Waals surface area contributed by atoms with Crippen LogP contribution in [0, 0.1) is 22.7 Å². The van der Waals surface area contributed by atoms with Crippen molar-refractivity contribution in [2.45, 2.75) is 70.8 Å². The molecule has 100 valence electrons. The summed E-state index contributed by atoms with van der Waals surface area (Å²) in [5.41, 5.74) is -0.723. The minimum absolute atomic E-state index is 0.00352. The lowest BCUT2D eigenvalue weighted by Crippen LogP contribution is -2.47. The fourth-order valence-corrected chi connectivity index (χ4v) is 3.43. The van der Waals surface area contributed by atoms with Crippen LogP contribution in [0.25, 0.3) is 0 Å². The molecule has 1 N–H and O–H groups in total. The first-order valence-electron chi connectivity index (χ1n) is 7.38. The largest absolute Gasteiger partial charge is 0.352 e. The highest BCUT2D eigenvalue weighted by molar-refractivity contribution is 5.85. The van der Waals surface area contributed by atoms with Crippen molar-refractivity contribution in [2.75, 3.05) is 0 Å². The van der Waals surface area contributed by atoms with E-state index >= 15 is 0 Å². The molecule has 2 unspecified atom stereocenters. The first-order valence-corrected chi connectivity index (χ1v) is 7.38. The summed E-state index contributed by atoms with van der Waals surface area (Å²) in [4.78, 5) is 12.4. The number of amides is 1. The minimum Gasteiger partial charge on any atom is -0.352 e. The number of rotatable bonds is 2. The zero-order valence-electron chi connectivity index (χ0n) is 11.4. The predicted octanol–water partition coefficient (Wildman–Crippen LogP) is 3.16. The maximum absolute atomic E-state index is 12.4. The van der Waals surface area contributed by atoms with Crippen LogP contribution < -0.4 is 5.32 Å². The Morgan fingerprint density at radius 1 is 1.22 bits per heavy atom. The van der Waals surface area contributed by atoms with E-state index in [1.807, 2.05) is 0 Å². The molecule has 2 aliphatic carbocycles. The molecule has 2 atom stereocenters. The third-order valence-corrected chi connectivity index (χ3v) is 4.63. The molecule has 0 aromatic carbocycles. The SMILES string of the molecule is CC1CCCC(NC(=O)C2(C#N)CCCCC2)C1. The van der Waals surface area contributed by atoms with Gasteiger partial charge in [0.15, 0.2) is 0 Å². The zero-order chi connectivity index (χ0) is 13.0. The van der Waals surface area contributed by atoms with E-state index in [0.717, 1.165) is 44.9 Å². The van der Waals surface area contributed by atoms with E-state index in [2.05, 4.69) is 18.3 Å². The number of hydrogen-bond donors (Lipinski definition) is 1. The van der Waals surface area contributed by atoms with Crippen LogP contribution in [0.15, 0.2) is 0 Å².